The van der Waals surface area contributed by atoms with Crippen LogP contribution < -0.4 is 15.0 Å². The van der Waals surface area contributed by atoms with Gasteiger partial charge < -0.3 is 15.0 Å². The van der Waals surface area contributed by atoms with Gasteiger partial charge in [0.05, 0.1) is 7.11 Å². The lowest BCUT2D eigenvalue weighted by atomic mass is 10.1. The second kappa shape index (κ2) is 7.18. The first kappa shape index (κ1) is 15.4. The number of benzene rings is 2. The lowest BCUT2D eigenvalue weighted by Crippen LogP contribution is -2.29. The van der Waals surface area contributed by atoms with Crippen molar-refractivity contribution in [1.29, 1.82) is 0 Å². The zero-order chi connectivity index (χ0) is 16.1. The van der Waals surface area contributed by atoms with Crippen LogP contribution in [0.1, 0.15) is 29.6 Å². The second-order valence-corrected chi connectivity index (χ2v) is 5.78. The fraction of sp³-hybridized carbons (Fsp3) is 0.316. The molecule has 4 heteroatoms. The van der Waals surface area contributed by atoms with Gasteiger partial charge in [0.25, 0.3) is 5.91 Å². The maximum absolute atomic E-state index is 12.3. The van der Waals surface area contributed by atoms with Gasteiger partial charge in [0.1, 0.15) is 5.75 Å². The molecule has 1 aliphatic heterocycles. The van der Waals surface area contributed by atoms with Gasteiger partial charge in [-0.15, -0.1) is 0 Å². The second-order valence-electron chi connectivity index (χ2n) is 5.78. The smallest absolute Gasteiger partial charge is 0.255 e. The van der Waals surface area contributed by atoms with Crippen molar-refractivity contribution >= 4 is 17.3 Å². The average Bonchev–Trinajstić information content (AvgIpc) is 2.63. The van der Waals surface area contributed by atoms with E-state index in [1.54, 1.807) is 31.4 Å². The van der Waals surface area contributed by atoms with Crippen LogP contribution in [0.25, 0.3) is 0 Å². The Morgan fingerprint density at radius 3 is 2.48 bits per heavy atom. The van der Waals surface area contributed by atoms with E-state index in [0.29, 0.717) is 5.56 Å². The predicted molar refractivity (Wildman–Crippen MR) is 93.5 cm³/mol. The lowest BCUT2D eigenvalue weighted by molar-refractivity contribution is 0.102. The molecule has 2 aromatic rings. The Kier molecular flexibility index (Phi) is 4.81. The van der Waals surface area contributed by atoms with Crippen molar-refractivity contribution in [3.63, 3.8) is 0 Å². The highest BCUT2D eigenvalue weighted by atomic mass is 16.5. The van der Waals surface area contributed by atoms with Gasteiger partial charge in [-0.1, -0.05) is 6.07 Å². The number of nitrogens with zero attached hydrogens (tertiary/aromatic N) is 1. The number of ether oxygens (including phenoxy) is 1. The van der Waals surface area contributed by atoms with Gasteiger partial charge in [0.15, 0.2) is 0 Å². The van der Waals surface area contributed by atoms with Gasteiger partial charge in [0, 0.05) is 30.0 Å². The van der Waals surface area contributed by atoms with E-state index in [-0.39, 0.29) is 5.91 Å². The summed E-state index contributed by atoms with van der Waals surface area (Å²) in [6.45, 7) is 2.19. The molecule has 0 saturated carbocycles. The topological polar surface area (TPSA) is 41.6 Å². The van der Waals surface area contributed by atoms with Gasteiger partial charge in [0.2, 0.25) is 0 Å². The van der Waals surface area contributed by atoms with Crippen molar-refractivity contribution in [3.05, 3.63) is 54.1 Å². The Morgan fingerprint density at radius 1 is 1.04 bits per heavy atom. The molecule has 0 radical (unpaired) electrons. The van der Waals surface area contributed by atoms with Crippen LogP contribution in [0, 0.1) is 0 Å². The number of anilines is 2. The molecule has 23 heavy (non-hydrogen) atoms. The molecule has 0 bridgehead atoms. The highest BCUT2D eigenvalue weighted by Crippen LogP contribution is 2.23. The molecule has 0 unspecified atom stereocenters. The van der Waals surface area contributed by atoms with E-state index in [0.717, 1.165) is 24.5 Å². The highest BCUT2D eigenvalue weighted by Gasteiger charge is 2.12. The SMILES string of the molecule is COc1ccc(C(=O)Nc2cccc(N3CCCCC3)c2)cc1. The molecule has 3 rings (SSSR count). The van der Waals surface area contributed by atoms with Crippen LogP contribution in [0.3, 0.4) is 0 Å². The average molecular weight is 310 g/mol. The summed E-state index contributed by atoms with van der Waals surface area (Å²) in [4.78, 5) is 14.7. The number of rotatable bonds is 4. The molecule has 1 fully saturated rings. The first-order valence-electron chi connectivity index (χ1n) is 8.07. The largest absolute Gasteiger partial charge is 0.497 e. The Bertz CT molecular complexity index is 661. The monoisotopic (exact) mass is 310 g/mol. The molecule has 1 saturated heterocycles. The normalized spacial score (nSPS) is 14.4. The minimum Gasteiger partial charge on any atom is -0.497 e. The first-order valence-corrected chi connectivity index (χ1v) is 8.07. The Hall–Kier alpha value is -2.49. The molecule has 1 heterocycles. The molecule has 4 nitrogen and oxygen atoms in total. The number of hydrogen-bond acceptors (Lipinski definition) is 3. The molecule has 120 valence electrons. The Labute approximate surface area is 137 Å². The molecule has 0 atom stereocenters. The zero-order valence-corrected chi connectivity index (χ0v) is 13.4. The van der Waals surface area contributed by atoms with Crippen molar-refractivity contribution < 1.29 is 9.53 Å². The van der Waals surface area contributed by atoms with Gasteiger partial charge in [-0.05, 0) is 61.7 Å². The van der Waals surface area contributed by atoms with E-state index in [1.165, 1.54) is 24.9 Å². The van der Waals surface area contributed by atoms with Gasteiger partial charge >= 0.3 is 0 Å². The minimum atomic E-state index is -0.108. The van der Waals surface area contributed by atoms with Crippen LogP contribution in [0.4, 0.5) is 11.4 Å². The highest BCUT2D eigenvalue weighted by molar-refractivity contribution is 6.04. The van der Waals surface area contributed by atoms with Crippen molar-refractivity contribution in [2.75, 3.05) is 30.4 Å². The van der Waals surface area contributed by atoms with Crippen molar-refractivity contribution in [2.45, 2.75) is 19.3 Å². The summed E-state index contributed by atoms with van der Waals surface area (Å²) in [6.07, 6.45) is 3.79. The van der Waals surface area contributed by atoms with E-state index in [9.17, 15) is 4.79 Å². The maximum atomic E-state index is 12.3. The fourth-order valence-corrected chi connectivity index (χ4v) is 2.88. The third-order valence-electron chi connectivity index (χ3n) is 4.18. The zero-order valence-electron chi connectivity index (χ0n) is 13.4. The molecule has 0 aromatic heterocycles. The van der Waals surface area contributed by atoms with E-state index in [2.05, 4.69) is 16.3 Å². The number of amides is 1. The summed E-state index contributed by atoms with van der Waals surface area (Å²) in [5.74, 6) is 0.636. The fourth-order valence-electron chi connectivity index (χ4n) is 2.88. The summed E-state index contributed by atoms with van der Waals surface area (Å²) in [5.41, 5.74) is 2.63. The number of nitrogens with one attached hydrogen (secondary N) is 1. The van der Waals surface area contributed by atoms with Crippen molar-refractivity contribution in [1.82, 2.24) is 0 Å². The van der Waals surface area contributed by atoms with E-state index in [1.807, 2.05) is 18.2 Å². The quantitative estimate of drug-likeness (QED) is 0.930. The van der Waals surface area contributed by atoms with Crippen LogP contribution >= 0.6 is 0 Å². The predicted octanol–water partition coefficient (Wildman–Crippen LogP) is 3.94. The summed E-state index contributed by atoms with van der Waals surface area (Å²) < 4.78 is 5.11. The lowest BCUT2D eigenvalue weighted by Gasteiger charge is -2.29. The molecule has 0 aliphatic carbocycles. The van der Waals surface area contributed by atoms with Crippen LogP contribution in [-0.2, 0) is 0 Å². The molecule has 1 amide bonds. The molecular weight excluding hydrogens is 288 g/mol. The maximum Gasteiger partial charge on any atom is 0.255 e. The summed E-state index contributed by atoms with van der Waals surface area (Å²) >= 11 is 0. The Morgan fingerprint density at radius 2 is 1.78 bits per heavy atom. The van der Waals surface area contributed by atoms with Gasteiger partial charge in [-0.3, -0.25) is 4.79 Å². The number of hydrogen-bond donors (Lipinski definition) is 1. The van der Waals surface area contributed by atoms with Crippen molar-refractivity contribution in [2.24, 2.45) is 0 Å². The van der Waals surface area contributed by atoms with E-state index in [4.69, 9.17) is 4.74 Å². The Balaban J connectivity index is 1.70. The van der Waals surface area contributed by atoms with Crippen LogP contribution in [0.15, 0.2) is 48.5 Å². The first-order chi connectivity index (χ1) is 11.3. The molecule has 1 N–H and O–H groups in total. The summed E-state index contributed by atoms with van der Waals surface area (Å²) in [6, 6.07) is 15.2. The summed E-state index contributed by atoms with van der Waals surface area (Å²) in [5, 5.41) is 2.97. The van der Waals surface area contributed by atoms with Crippen LogP contribution in [-0.4, -0.2) is 26.1 Å². The number of carbonyl (C=O) groups excluding carboxylic acids is 1. The molecule has 1 aliphatic rings. The van der Waals surface area contributed by atoms with Crippen LogP contribution in [0.2, 0.25) is 0 Å². The minimum absolute atomic E-state index is 0.108. The van der Waals surface area contributed by atoms with Gasteiger partial charge in [-0.25, -0.2) is 0 Å². The number of methoxy groups -OCH3 is 1. The van der Waals surface area contributed by atoms with Crippen molar-refractivity contribution in [3.8, 4) is 5.75 Å². The van der Waals surface area contributed by atoms with Crippen LogP contribution in [0.5, 0.6) is 5.75 Å². The van der Waals surface area contributed by atoms with E-state index >= 15 is 0 Å². The standard InChI is InChI=1S/C19H22N2O2/c1-23-18-10-8-15(9-11-18)19(22)20-16-6-5-7-17(14-16)21-12-3-2-4-13-21/h5-11,14H,2-4,12-13H2,1H3,(H,20,22). The third kappa shape index (κ3) is 3.83. The molecule has 2 aromatic carbocycles. The van der Waals surface area contributed by atoms with E-state index < -0.39 is 0 Å². The summed E-state index contributed by atoms with van der Waals surface area (Å²) in [7, 11) is 1.61. The van der Waals surface area contributed by atoms with Gasteiger partial charge in [-0.2, -0.15) is 0 Å². The number of carbonyl (C=O) groups is 1. The third-order valence-corrected chi connectivity index (χ3v) is 4.18. The molecular formula is C19H22N2O2. The molecule has 0 spiro atoms. The number of piperidine rings is 1.